The Balaban J connectivity index is 1.50. The number of methoxy groups -OCH3 is 1. The maximum Gasteiger partial charge on any atom is 0.226 e. The highest BCUT2D eigenvalue weighted by atomic mass is 16.5. The number of aromatic nitrogens is 2. The van der Waals surface area contributed by atoms with Crippen molar-refractivity contribution in [2.45, 2.75) is 26.2 Å². The number of aryl methyl sites for hydroxylation is 2. The summed E-state index contributed by atoms with van der Waals surface area (Å²) in [5, 5.41) is 6.87. The zero-order valence-corrected chi connectivity index (χ0v) is 14.9. The predicted octanol–water partition coefficient (Wildman–Crippen LogP) is 4.02. The Bertz CT molecular complexity index is 872. The number of nitrogens with zero attached hydrogens (tertiary/aromatic N) is 2. The minimum absolute atomic E-state index is 0.0265. The summed E-state index contributed by atoms with van der Waals surface area (Å²) in [6.45, 7) is 2.01. The van der Waals surface area contributed by atoms with Crippen LogP contribution in [0.15, 0.2) is 53.1 Å². The number of anilines is 1. The number of hydrogen-bond acceptors (Lipinski definition) is 5. The molecule has 1 amide bonds. The van der Waals surface area contributed by atoms with E-state index in [0.29, 0.717) is 31.0 Å². The largest absolute Gasteiger partial charge is 0.497 e. The molecule has 0 radical (unpaired) electrons. The van der Waals surface area contributed by atoms with Gasteiger partial charge in [0.15, 0.2) is 0 Å². The number of hydrogen-bond donors (Lipinski definition) is 1. The number of carbonyl (C=O) groups is 1. The Morgan fingerprint density at radius 1 is 1.19 bits per heavy atom. The molecule has 1 aromatic heterocycles. The molecule has 6 heteroatoms. The third-order valence-electron chi connectivity index (χ3n) is 3.93. The molecule has 0 atom stereocenters. The third kappa shape index (κ3) is 4.69. The number of nitrogens with one attached hydrogen (secondary N) is 1. The lowest BCUT2D eigenvalue weighted by atomic mass is 10.2. The lowest BCUT2D eigenvalue weighted by molar-refractivity contribution is -0.116. The minimum Gasteiger partial charge on any atom is -0.497 e. The van der Waals surface area contributed by atoms with Gasteiger partial charge < -0.3 is 14.6 Å². The molecule has 3 aromatic rings. The predicted molar refractivity (Wildman–Crippen MR) is 99.0 cm³/mol. The van der Waals surface area contributed by atoms with E-state index in [4.69, 9.17) is 9.26 Å². The summed E-state index contributed by atoms with van der Waals surface area (Å²) in [6.07, 6.45) is 1.58. The molecule has 0 unspecified atom stereocenters. The highest BCUT2D eigenvalue weighted by Gasteiger charge is 2.10. The summed E-state index contributed by atoms with van der Waals surface area (Å²) < 4.78 is 10.5. The molecule has 3 rings (SSSR count). The molecular weight excluding hydrogens is 330 g/mol. The van der Waals surface area contributed by atoms with Crippen LogP contribution in [0.3, 0.4) is 0 Å². The first kappa shape index (κ1) is 17.7. The van der Waals surface area contributed by atoms with E-state index in [9.17, 15) is 4.79 Å². The number of benzene rings is 2. The van der Waals surface area contributed by atoms with Crippen molar-refractivity contribution in [1.82, 2.24) is 10.1 Å². The van der Waals surface area contributed by atoms with Crippen LogP contribution in [0, 0.1) is 6.92 Å². The van der Waals surface area contributed by atoms with Gasteiger partial charge in [0.1, 0.15) is 5.75 Å². The zero-order chi connectivity index (χ0) is 18.4. The van der Waals surface area contributed by atoms with Gasteiger partial charge in [-0.05, 0) is 37.6 Å². The molecule has 0 aliphatic carbocycles. The highest BCUT2D eigenvalue weighted by Crippen LogP contribution is 2.21. The molecule has 0 fully saturated rings. The maximum absolute atomic E-state index is 12.0. The van der Waals surface area contributed by atoms with E-state index in [1.54, 1.807) is 7.11 Å². The first-order chi connectivity index (χ1) is 12.6. The van der Waals surface area contributed by atoms with Gasteiger partial charge in [-0.25, -0.2) is 0 Å². The molecule has 0 aliphatic rings. The molecule has 0 bridgehead atoms. The lowest BCUT2D eigenvalue weighted by Gasteiger charge is -2.04. The second-order valence-electron chi connectivity index (χ2n) is 6.01. The van der Waals surface area contributed by atoms with Gasteiger partial charge >= 0.3 is 0 Å². The first-order valence-corrected chi connectivity index (χ1v) is 8.47. The van der Waals surface area contributed by atoms with Gasteiger partial charge in [0.2, 0.25) is 17.6 Å². The molecular formula is C20H21N3O3. The molecule has 6 nitrogen and oxygen atoms in total. The van der Waals surface area contributed by atoms with E-state index in [1.165, 1.54) is 0 Å². The molecule has 2 aromatic carbocycles. The minimum atomic E-state index is -0.0265. The number of amides is 1. The van der Waals surface area contributed by atoms with E-state index in [2.05, 4.69) is 15.5 Å². The summed E-state index contributed by atoms with van der Waals surface area (Å²) >= 11 is 0. The first-order valence-electron chi connectivity index (χ1n) is 8.47. The molecule has 0 aliphatic heterocycles. The Labute approximate surface area is 152 Å². The highest BCUT2D eigenvalue weighted by molar-refractivity contribution is 5.90. The van der Waals surface area contributed by atoms with E-state index in [1.807, 2.05) is 55.5 Å². The second-order valence-corrected chi connectivity index (χ2v) is 6.01. The molecule has 26 heavy (non-hydrogen) atoms. The normalized spacial score (nSPS) is 10.5. The Morgan fingerprint density at radius 2 is 2.00 bits per heavy atom. The number of carbonyl (C=O) groups excluding carboxylic acids is 1. The zero-order valence-electron chi connectivity index (χ0n) is 14.9. The van der Waals surface area contributed by atoms with Crippen molar-refractivity contribution in [2.75, 3.05) is 12.4 Å². The third-order valence-corrected chi connectivity index (χ3v) is 3.93. The Hall–Kier alpha value is -3.15. The topological polar surface area (TPSA) is 77.2 Å². The van der Waals surface area contributed by atoms with Crippen LogP contribution < -0.4 is 10.1 Å². The summed E-state index contributed by atoms with van der Waals surface area (Å²) in [7, 11) is 1.61. The standard InChI is InChI=1S/C20H21N3O3/c1-14-9-11-16(12-10-14)21-18(24)7-4-8-19-22-20(23-26-19)15-5-3-6-17(13-15)25-2/h3,5-6,9-13H,4,7-8H2,1-2H3,(H,21,24). The lowest BCUT2D eigenvalue weighted by Crippen LogP contribution is -2.11. The fourth-order valence-corrected chi connectivity index (χ4v) is 2.50. The van der Waals surface area contributed by atoms with Crippen LogP contribution in [-0.2, 0) is 11.2 Å². The molecule has 134 valence electrons. The van der Waals surface area contributed by atoms with Gasteiger partial charge in [-0.1, -0.05) is 35.0 Å². The van der Waals surface area contributed by atoms with Gasteiger partial charge in [0.25, 0.3) is 0 Å². The summed E-state index contributed by atoms with van der Waals surface area (Å²) in [5.41, 5.74) is 2.79. The van der Waals surface area contributed by atoms with Crippen molar-refractivity contribution in [1.29, 1.82) is 0 Å². The van der Waals surface area contributed by atoms with Crippen molar-refractivity contribution in [3.63, 3.8) is 0 Å². The molecule has 0 saturated carbocycles. The monoisotopic (exact) mass is 351 g/mol. The van der Waals surface area contributed by atoms with Crippen LogP contribution in [0.4, 0.5) is 5.69 Å². The van der Waals surface area contributed by atoms with E-state index >= 15 is 0 Å². The van der Waals surface area contributed by atoms with E-state index in [-0.39, 0.29) is 5.91 Å². The van der Waals surface area contributed by atoms with Crippen molar-refractivity contribution >= 4 is 11.6 Å². The fourth-order valence-electron chi connectivity index (χ4n) is 2.50. The SMILES string of the molecule is COc1cccc(-c2noc(CCCC(=O)Nc3ccc(C)cc3)n2)c1. The average Bonchev–Trinajstić information content (AvgIpc) is 3.13. The van der Waals surface area contributed by atoms with Crippen LogP contribution in [-0.4, -0.2) is 23.2 Å². The van der Waals surface area contributed by atoms with Gasteiger partial charge in [0.05, 0.1) is 7.11 Å². The molecule has 1 heterocycles. The van der Waals surface area contributed by atoms with Gasteiger partial charge in [-0.15, -0.1) is 0 Å². The average molecular weight is 351 g/mol. The number of ether oxygens (including phenoxy) is 1. The van der Waals surface area contributed by atoms with Crippen molar-refractivity contribution < 1.29 is 14.1 Å². The van der Waals surface area contributed by atoms with Crippen LogP contribution >= 0.6 is 0 Å². The van der Waals surface area contributed by atoms with E-state index in [0.717, 1.165) is 22.6 Å². The number of rotatable bonds is 7. The quantitative estimate of drug-likeness (QED) is 0.696. The second kappa shape index (κ2) is 8.29. The molecule has 1 N–H and O–H groups in total. The summed E-state index contributed by atoms with van der Waals surface area (Å²) in [6, 6.07) is 15.2. The summed E-state index contributed by atoms with van der Waals surface area (Å²) in [4.78, 5) is 16.4. The van der Waals surface area contributed by atoms with Crippen LogP contribution in [0.1, 0.15) is 24.3 Å². The van der Waals surface area contributed by atoms with Gasteiger partial charge in [-0.2, -0.15) is 4.98 Å². The Morgan fingerprint density at radius 3 is 2.77 bits per heavy atom. The summed E-state index contributed by atoms with van der Waals surface area (Å²) in [5.74, 6) is 1.75. The van der Waals surface area contributed by atoms with Crippen LogP contribution in [0.5, 0.6) is 5.75 Å². The maximum atomic E-state index is 12.0. The van der Waals surface area contributed by atoms with Crippen molar-refractivity contribution in [3.05, 3.63) is 60.0 Å². The Kier molecular flexibility index (Phi) is 5.63. The van der Waals surface area contributed by atoms with Crippen LogP contribution in [0.2, 0.25) is 0 Å². The van der Waals surface area contributed by atoms with Gasteiger partial charge in [0, 0.05) is 24.1 Å². The van der Waals surface area contributed by atoms with Gasteiger partial charge in [-0.3, -0.25) is 4.79 Å². The molecule has 0 spiro atoms. The molecule has 0 saturated heterocycles. The van der Waals surface area contributed by atoms with Crippen LogP contribution in [0.25, 0.3) is 11.4 Å². The van der Waals surface area contributed by atoms with E-state index < -0.39 is 0 Å². The fraction of sp³-hybridized carbons (Fsp3) is 0.250. The smallest absolute Gasteiger partial charge is 0.226 e. The van der Waals surface area contributed by atoms with Crippen molar-refractivity contribution in [3.8, 4) is 17.1 Å². The van der Waals surface area contributed by atoms with Crippen molar-refractivity contribution in [2.24, 2.45) is 0 Å².